The van der Waals surface area contributed by atoms with Crippen molar-refractivity contribution in [2.24, 2.45) is 0 Å². The highest BCUT2D eigenvalue weighted by molar-refractivity contribution is 6.31. The van der Waals surface area contributed by atoms with Crippen LogP contribution in [0.5, 0.6) is 0 Å². The van der Waals surface area contributed by atoms with Crippen LogP contribution in [0, 0.1) is 18.3 Å². The molecule has 0 saturated carbocycles. The SMILES string of the molecule is Cc1ccc(Nc2cc(C#N)ccc2N)cc1Cl. The van der Waals surface area contributed by atoms with Gasteiger partial charge < -0.3 is 11.1 Å². The summed E-state index contributed by atoms with van der Waals surface area (Å²) >= 11 is 6.05. The molecule has 3 nitrogen and oxygen atoms in total. The number of hydrogen-bond acceptors (Lipinski definition) is 3. The van der Waals surface area contributed by atoms with Gasteiger partial charge in [0.2, 0.25) is 0 Å². The molecule has 0 unspecified atom stereocenters. The van der Waals surface area contributed by atoms with E-state index in [4.69, 9.17) is 22.6 Å². The highest BCUT2D eigenvalue weighted by Gasteiger charge is 2.03. The maximum atomic E-state index is 8.86. The minimum absolute atomic E-state index is 0.560. The van der Waals surface area contributed by atoms with Gasteiger partial charge in [0.1, 0.15) is 0 Å². The second kappa shape index (κ2) is 4.99. The number of anilines is 3. The molecule has 0 saturated heterocycles. The van der Waals surface area contributed by atoms with E-state index in [0.717, 1.165) is 11.3 Å². The molecular weight excluding hydrogens is 246 g/mol. The molecule has 2 rings (SSSR count). The monoisotopic (exact) mass is 257 g/mol. The molecule has 2 aromatic carbocycles. The lowest BCUT2D eigenvalue weighted by molar-refractivity contribution is 1.44. The van der Waals surface area contributed by atoms with Crippen molar-refractivity contribution in [2.45, 2.75) is 6.92 Å². The molecule has 3 N–H and O–H groups in total. The summed E-state index contributed by atoms with van der Waals surface area (Å²) in [6.45, 7) is 1.94. The number of hydrogen-bond donors (Lipinski definition) is 2. The molecule has 0 amide bonds. The van der Waals surface area contributed by atoms with Gasteiger partial charge in [-0.25, -0.2) is 0 Å². The quantitative estimate of drug-likeness (QED) is 0.804. The summed E-state index contributed by atoms with van der Waals surface area (Å²) in [5.74, 6) is 0. The number of nitrogen functional groups attached to an aromatic ring is 1. The number of nitrogens with zero attached hydrogens (tertiary/aromatic N) is 1. The molecule has 4 heteroatoms. The van der Waals surface area contributed by atoms with Gasteiger partial charge >= 0.3 is 0 Å². The maximum absolute atomic E-state index is 8.86. The van der Waals surface area contributed by atoms with E-state index in [-0.39, 0.29) is 0 Å². The van der Waals surface area contributed by atoms with Gasteiger partial charge in [-0.1, -0.05) is 17.7 Å². The van der Waals surface area contributed by atoms with Gasteiger partial charge in [-0.2, -0.15) is 5.26 Å². The van der Waals surface area contributed by atoms with Crippen molar-refractivity contribution in [3.05, 3.63) is 52.5 Å². The molecule has 0 fully saturated rings. The first-order valence-electron chi connectivity index (χ1n) is 5.43. The van der Waals surface area contributed by atoms with Crippen LogP contribution in [0.2, 0.25) is 5.02 Å². The second-order valence-electron chi connectivity index (χ2n) is 4.00. The fourth-order valence-electron chi connectivity index (χ4n) is 1.56. The lowest BCUT2D eigenvalue weighted by Crippen LogP contribution is -1.97. The summed E-state index contributed by atoms with van der Waals surface area (Å²) in [7, 11) is 0. The number of nitrogens with one attached hydrogen (secondary N) is 1. The molecule has 0 bridgehead atoms. The molecule has 0 aliphatic carbocycles. The van der Waals surface area contributed by atoms with Crippen LogP contribution < -0.4 is 11.1 Å². The average molecular weight is 258 g/mol. The lowest BCUT2D eigenvalue weighted by atomic mass is 10.1. The molecule has 18 heavy (non-hydrogen) atoms. The van der Waals surface area contributed by atoms with Crippen LogP contribution in [0.15, 0.2) is 36.4 Å². The minimum Gasteiger partial charge on any atom is -0.397 e. The highest BCUT2D eigenvalue weighted by Crippen LogP contribution is 2.27. The summed E-state index contributed by atoms with van der Waals surface area (Å²) in [4.78, 5) is 0. The molecular formula is C14H12ClN3. The topological polar surface area (TPSA) is 61.8 Å². The van der Waals surface area contributed by atoms with E-state index >= 15 is 0 Å². The van der Waals surface area contributed by atoms with Crippen LogP contribution in [-0.4, -0.2) is 0 Å². The number of rotatable bonds is 2. The van der Waals surface area contributed by atoms with Gasteiger partial charge in [0.25, 0.3) is 0 Å². The van der Waals surface area contributed by atoms with Crippen LogP contribution in [-0.2, 0) is 0 Å². The van der Waals surface area contributed by atoms with Crippen LogP contribution in [0.3, 0.4) is 0 Å². The maximum Gasteiger partial charge on any atom is 0.0992 e. The predicted molar refractivity (Wildman–Crippen MR) is 75.0 cm³/mol. The van der Waals surface area contributed by atoms with Gasteiger partial charge in [-0.15, -0.1) is 0 Å². The molecule has 0 spiro atoms. The molecule has 0 aliphatic heterocycles. The molecule has 0 atom stereocenters. The van der Waals surface area contributed by atoms with Gasteiger partial charge in [-0.05, 0) is 42.8 Å². The van der Waals surface area contributed by atoms with Crippen molar-refractivity contribution in [2.75, 3.05) is 11.1 Å². The van der Waals surface area contributed by atoms with E-state index in [1.165, 1.54) is 0 Å². The Morgan fingerprint density at radius 1 is 1.22 bits per heavy atom. The van der Waals surface area contributed by atoms with Crippen LogP contribution in [0.25, 0.3) is 0 Å². The molecule has 90 valence electrons. The zero-order valence-electron chi connectivity index (χ0n) is 9.87. The standard InChI is InChI=1S/C14H12ClN3/c1-9-2-4-11(7-12(9)15)18-14-6-10(8-16)3-5-13(14)17/h2-7,18H,17H2,1H3. The van der Waals surface area contributed by atoms with Crippen molar-refractivity contribution in [1.29, 1.82) is 5.26 Å². The van der Waals surface area contributed by atoms with E-state index in [9.17, 15) is 0 Å². The Hall–Kier alpha value is -2.18. The number of nitrogens with two attached hydrogens (primary N) is 1. The predicted octanol–water partition coefficient (Wildman–Crippen LogP) is 3.85. The zero-order valence-corrected chi connectivity index (χ0v) is 10.6. The van der Waals surface area contributed by atoms with Gasteiger partial charge in [0.15, 0.2) is 0 Å². The van der Waals surface area contributed by atoms with E-state index in [0.29, 0.717) is 22.0 Å². The van der Waals surface area contributed by atoms with Crippen molar-refractivity contribution in [3.8, 4) is 6.07 Å². The molecule has 0 radical (unpaired) electrons. The summed E-state index contributed by atoms with van der Waals surface area (Å²) in [5.41, 5.74) is 9.56. The third-order valence-corrected chi connectivity index (χ3v) is 3.04. The zero-order chi connectivity index (χ0) is 13.1. The summed E-state index contributed by atoms with van der Waals surface area (Å²) in [6.07, 6.45) is 0. The first kappa shape index (κ1) is 12.3. The van der Waals surface area contributed by atoms with Crippen molar-refractivity contribution >= 4 is 28.7 Å². The lowest BCUT2D eigenvalue weighted by Gasteiger charge is -2.10. The Labute approximate surface area is 111 Å². The molecule has 0 aliphatic rings. The molecule has 0 aromatic heterocycles. The Morgan fingerprint density at radius 2 is 2.00 bits per heavy atom. The first-order chi connectivity index (χ1) is 8.60. The van der Waals surface area contributed by atoms with Crippen molar-refractivity contribution in [1.82, 2.24) is 0 Å². The third-order valence-electron chi connectivity index (χ3n) is 2.63. The summed E-state index contributed by atoms with van der Waals surface area (Å²) in [6, 6.07) is 12.8. The number of nitriles is 1. The van der Waals surface area contributed by atoms with Gasteiger partial charge in [0, 0.05) is 10.7 Å². The van der Waals surface area contributed by atoms with Crippen LogP contribution >= 0.6 is 11.6 Å². The van der Waals surface area contributed by atoms with E-state index in [1.807, 2.05) is 25.1 Å². The largest absolute Gasteiger partial charge is 0.397 e. The van der Waals surface area contributed by atoms with Crippen molar-refractivity contribution < 1.29 is 0 Å². The first-order valence-corrected chi connectivity index (χ1v) is 5.81. The van der Waals surface area contributed by atoms with Gasteiger partial charge in [0.05, 0.1) is 23.0 Å². The minimum atomic E-state index is 0.560. The molecule has 2 aromatic rings. The number of benzene rings is 2. The smallest absolute Gasteiger partial charge is 0.0992 e. The summed E-state index contributed by atoms with van der Waals surface area (Å²) in [5, 5.41) is 12.7. The normalized spacial score (nSPS) is 9.83. The van der Waals surface area contributed by atoms with E-state index in [2.05, 4.69) is 11.4 Å². The fourth-order valence-corrected chi connectivity index (χ4v) is 1.74. The van der Waals surface area contributed by atoms with E-state index in [1.54, 1.807) is 18.2 Å². The molecule has 0 heterocycles. The van der Waals surface area contributed by atoms with Crippen molar-refractivity contribution in [3.63, 3.8) is 0 Å². The Bertz CT molecular complexity index is 629. The van der Waals surface area contributed by atoms with Crippen LogP contribution in [0.4, 0.5) is 17.1 Å². The Morgan fingerprint density at radius 3 is 2.67 bits per heavy atom. The number of halogens is 1. The Kier molecular flexibility index (Phi) is 3.40. The van der Waals surface area contributed by atoms with Crippen LogP contribution in [0.1, 0.15) is 11.1 Å². The third kappa shape index (κ3) is 2.55. The number of aryl methyl sites for hydroxylation is 1. The van der Waals surface area contributed by atoms with Gasteiger partial charge in [-0.3, -0.25) is 0 Å². The summed E-state index contributed by atoms with van der Waals surface area (Å²) < 4.78 is 0. The van der Waals surface area contributed by atoms with E-state index < -0.39 is 0 Å². The second-order valence-corrected chi connectivity index (χ2v) is 4.41. The Balaban J connectivity index is 2.33. The highest BCUT2D eigenvalue weighted by atomic mass is 35.5. The average Bonchev–Trinajstić information content (AvgIpc) is 2.36. The fraction of sp³-hybridized carbons (Fsp3) is 0.0714.